The van der Waals surface area contributed by atoms with Crippen molar-refractivity contribution in [1.29, 1.82) is 0 Å². The maximum atomic E-state index is 5.22. The van der Waals surface area contributed by atoms with Gasteiger partial charge < -0.3 is 10.1 Å². The van der Waals surface area contributed by atoms with Crippen molar-refractivity contribution in [3.05, 3.63) is 42.1 Å². The van der Waals surface area contributed by atoms with E-state index in [2.05, 4.69) is 48.4 Å². The van der Waals surface area contributed by atoms with Crippen molar-refractivity contribution in [3.8, 4) is 0 Å². The summed E-state index contributed by atoms with van der Waals surface area (Å²) in [6.07, 6.45) is 2.90. The van der Waals surface area contributed by atoms with Gasteiger partial charge in [0, 0.05) is 31.3 Å². The van der Waals surface area contributed by atoms with Crippen LogP contribution in [0.3, 0.4) is 0 Å². The van der Waals surface area contributed by atoms with Gasteiger partial charge in [0.25, 0.3) is 0 Å². The zero-order valence-electron chi connectivity index (χ0n) is 12.6. The normalized spacial score (nSPS) is 14.3. The average molecular weight is 272 g/mol. The molecule has 0 radical (unpaired) electrons. The molecule has 1 heterocycles. The molecule has 0 aliphatic carbocycles. The van der Waals surface area contributed by atoms with Gasteiger partial charge in [-0.1, -0.05) is 32.0 Å². The van der Waals surface area contributed by atoms with E-state index in [9.17, 15) is 0 Å². The number of hydrogen-bond acceptors (Lipinski definition) is 3. The van der Waals surface area contributed by atoms with Crippen LogP contribution in [-0.2, 0) is 4.74 Å². The van der Waals surface area contributed by atoms with Gasteiger partial charge in [-0.2, -0.15) is 0 Å². The molecule has 3 nitrogen and oxygen atoms in total. The van der Waals surface area contributed by atoms with E-state index >= 15 is 0 Å². The van der Waals surface area contributed by atoms with Crippen LogP contribution in [0.15, 0.2) is 36.5 Å². The lowest BCUT2D eigenvalue weighted by Crippen LogP contribution is -2.27. The number of nitrogens with one attached hydrogen (secondary N) is 1. The number of aromatic nitrogens is 1. The maximum absolute atomic E-state index is 5.22. The van der Waals surface area contributed by atoms with Gasteiger partial charge in [-0.15, -0.1) is 0 Å². The molecule has 0 aliphatic heterocycles. The largest absolute Gasteiger partial charge is 0.385 e. The Bertz CT molecular complexity index is 536. The summed E-state index contributed by atoms with van der Waals surface area (Å²) in [5, 5.41) is 4.86. The molecule has 3 heteroatoms. The van der Waals surface area contributed by atoms with Crippen LogP contribution in [0.5, 0.6) is 0 Å². The van der Waals surface area contributed by atoms with Gasteiger partial charge in [0.15, 0.2) is 0 Å². The molecule has 0 saturated heterocycles. The Morgan fingerprint density at radius 3 is 2.85 bits per heavy atom. The van der Waals surface area contributed by atoms with Crippen LogP contribution in [0.2, 0.25) is 0 Å². The number of benzene rings is 1. The molecule has 1 N–H and O–H groups in total. The molecule has 2 unspecified atom stereocenters. The first-order valence-corrected chi connectivity index (χ1v) is 7.34. The van der Waals surface area contributed by atoms with E-state index in [0.29, 0.717) is 12.0 Å². The fourth-order valence-corrected chi connectivity index (χ4v) is 2.71. The van der Waals surface area contributed by atoms with Crippen LogP contribution in [0.25, 0.3) is 10.9 Å². The van der Waals surface area contributed by atoms with Crippen molar-refractivity contribution in [2.24, 2.45) is 5.92 Å². The quantitative estimate of drug-likeness (QED) is 0.837. The van der Waals surface area contributed by atoms with Crippen LogP contribution in [0.4, 0.5) is 0 Å². The lowest BCUT2D eigenvalue weighted by atomic mass is 9.89. The highest BCUT2D eigenvalue weighted by molar-refractivity contribution is 5.82. The Morgan fingerprint density at radius 1 is 1.25 bits per heavy atom. The van der Waals surface area contributed by atoms with Crippen molar-refractivity contribution in [2.75, 3.05) is 20.3 Å². The predicted molar refractivity (Wildman–Crippen MR) is 83.8 cm³/mol. The molecule has 2 aromatic rings. The number of hydrogen-bond donors (Lipinski definition) is 1. The van der Waals surface area contributed by atoms with E-state index in [-0.39, 0.29) is 0 Å². The molecule has 2 rings (SSSR count). The smallest absolute Gasteiger partial charge is 0.0705 e. The zero-order chi connectivity index (χ0) is 14.4. The third kappa shape index (κ3) is 3.35. The second-order valence-electron chi connectivity index (χ2n) is 5.21. The number of methoxy groups -OCH3 is 1. The zero-order valence-corrected chi connectivity index (χ0v) is 12.6. The Balaban J connectivity index is 2.35. The lowest BCUT2D eigenvalue weighted by Gasteiger charge is -2.26. The van der Waals surface area contributed by atoms with Gasteiger partial charge in [0.1, 0.15) is 0 Å². The first-order valence-electron chi connectivity index (χ1n) is 7.34. The fourth-order valence-electron chi connectivity index (χ4n) is 2.71. The van der Waals surface area contributed by atoms with Crippen molar-refractivity contribution >= 4 is 10.9 Å². The molecule has 0 saturated carbocycles. The minimum Gasteiger partial charge on any atom is -0.385 e. The van der Waals surface area contributed by atoms with E-state index < -0.39 is 0 Å². The summed E-state index contributed by atoms with van der Waals surface area (Å²) in [4.78, 5) is 4.45. The van der Waals surface area contributed by atoms with Gasteiger partial charge in [0.05, 0.1) is 5.52 Å². The first kappa shape index (κ1) is 14.9. The molecular weight excluding hydrogens is 248 g/mol. The Morgan fingerprint density at radius 2 is 2.10 bits per heavy atom. The molecular formula is C17H24N2O. The highest BCUT2D eigenvalue weighted by Crippen LogP contribution is 2.29. The van der Waals surface area contributed by atoms with E-state index in [0.717, 1.165) is 25.1 Å². The maximum Gasteiger partial charge on any atom is 0.0705 e. The number of pyridine rings is 1. The summed E-state index contributed by atoms with van der Waals surface area (Å²) in [6, 6.07) is 10.9. The van der Waals surface area contributed by atoms with Crippen LogP contribution in [0.1, 0.15) is 31.9 Å². The summed E-state index contributed by atoms with van der Waals surface area (Å²) in [6.45, 7) is 6.19. The summed E-state index contributed by atoms with van der Waals surface area (Å²) >= 11 is 0. The molecule has 1 aromatic carbocycles. The summed E-state index contributed by atoms with van der Waals surface area (Å²) in [5.74, 6) is 0.515. The van der Waals surface area contributed by atoms with E-state index in [1.165, 1.54) is 10.9 Å². The van der Waals surface area contributed by atoms with Crippen LogP contribution < -0.4 is 5.32 Å². The number of ether oxygens (including phenoxy) is 1. The van der Waals surface area contributed by atoms with E-state index in [4.69, 9.17) is 4.74 Å². The highest BCUT2D eigenvalue weighted by atomic mass is 16.5. The van der Waals surface area contributed by atoms with Gasteiger partial charge in [-0.05, 0) is 36.6 Å². The monoisotopic (exact) mass is 272 g/mol. The van der Waals surface area contributed by atoms with Gasteiger partial charge in [0.2, 0.25) is 0 Å². The van der Waals surface area contributed by atoms with E-state index in [1.807, 2.05) is 12.3 Å². The Labute approximate surface area is 121 Å². The fraction of sp³-hybridized carbons (Fsp3) is 0.471. The minimum absolute atomic E-state index is 0.336. The molecule has 0 fully saturated rings. The number of fused-ring (bicyclic) bond motifs is 1. The van der Waals surface area contributed by atoms with Crippen molar-refractivity contribution < 1.29 is 4.74 Å². The Hall–Kier alpha value is -1.45. The summed E-state index contributed by atoms with van der Waals surface area (Å²) in [7, 11) is 1.76. The highest BCUT2D eigenvalue weighted by Gasteiger charge is 2.20. The lowest BCUT2D eigenvalue weighted by molar-refractivity contribution is 0.170. The molecule has 0 aliphatic rings. The molecule has 0 spiro atoms. The van der Waals surface area contributed by atoms with Gasteiger partial charge >= 0.3 is 0 Å². The molecule has 0 bridgehead atoms. The van der Waals surface area contributed by atoms with Crippen LogP contribution in [0, 0.1) is 5.92 Å². The average Bonchev–Trinajstić information content (AvgIpc) is 2.50. The van der Waals surface area contributed by atoms with E-state index in [1.54, 1.807) is 7.11 Å². The number of nitrogens with zero attached hydrogens (tertiary/aromatic N) is 1. The molecule has 0 amide bonds. The van der Waals surface area contributed by atoms with Gasteiger partial charge in [-0.25, -0.2) is 0 Å². The summed E-state index contributed by atoms with van der Waals surface area (Å²) in [5.41, 5.74) is 2.40. The van der Waals surface area contributed by atoms with Crippen molar-refractivity contribution in [2.45, 2.75) is 26.3 Å². The minimum atomic E-state index is 0.336. The SMILES string of the molecule is CCNC(c1cccc2ncccc12)C(C)CCOC. The molecule has 108 valence electrons. The molecule has 2 atom stereocenters. The van der Waals surface area contributed by atoms with Crippen molar-refractivity contribution in [3.63, 3.8) is 0 Å². The number of rotatable bonds is 7. The molecule has 1 aromatic heterocycles. The second-order valence-corrected chi connectivity index (χ2v) is 5.21. The Kier molecular flexibility index (Phi) is 5.50. The third-order valence-electron chi connectivity index (χ3n) is 3.78. The topological polar surface area (TPSA) is 34.2 Å². The van der Waals surface area contributed by atoms with Gasteiger partial charge in [-0.3, -0.25) is 4.98 Å². The van der Waals surface area contributed by atoms with Crippen LogP contribution >= 0.6 is 0 Å². The third-order valence-corrected chi connectivity index (χ3v) is 3.78. The van der Waals surface area contributed by atoms with Crippen molar-refractivity contribution in [1.82, 2.24) is 10.3 Å². The first-order chi connectivity index (χ1) is 9.77. The van der Waals surface area contributed by atoms with Crippen LogP contribution in [-0.4, -0.2) is 25.2 Å². The molecule has 20 heavy (non-hydrogen) atoms. The second kappa shape index (κ2) is 7.36. The predicted octanol–water partition coefficient (Wildman–Crippen LogP) is 3.56. The standard InChI is InChI=1S/C17H24N2O/c1-4-18-17(13(2)10-12-20-3)15-7-5-9-16-14(15)8-6-11-19-16/h5-9,11,13,17-18H,4,10,12H2,1-3H3. The summed E-state index contributed by atoms with van der Waals surface area (Å²) < 4.78 is 5.22.